The largest absolute Gasteiger partial charge is 0.471 e. The molecule has 0 saturated heterocycles. The fraction of sp³-hybridized carbons (Fsp3) is 0.312. The molecule has 0 amide bonds. The van der Waals surface area contributed by atoms with Gasteiger partial charge >= 0.3 is 0 Å². The van der Waals surface area contributed by atoms with Crippen molar-refractivity contribution in [3.05, 3.63) is 33.9 Å². The molecule has 1 heterocycles. The van der Waals surface area contributed by atoms with E-state index in [2.05, 4.69) is 31.2 Å². The van der Waals surface area contributed by atoms with Crippen molar-refractivity contribution in [3.63, 3.8) is 0 Å². The van der Waals surface area contributed by atoms with Gasteiger partial charge in [0.05, 0.1) is 22.3 Å². The molecule has 1 aromatic heterocycles. The Morgan fingerprint density at radius 3 is 2.63 bits per heavy atom. The van der Waals surface area contributed by atoms with Crippen LogP contribution < -0.4 is 15.2 Å². The summed E-state index contributed by atoms with van der Waals surface area (Å²) < 4.78 is 29.4. The van der Waals surface area contributed by atoms with E-state index in [9.17, 15) is 18.8 Å². The Morgan fingerprint density at radius 1 is 1.41 bits per heavy atom. The quantitative estimate of drug-likeness (QED) is 0.597. The summed E-state index contributed by atoms with van der Waals surface area (Å²) in [6.07, 6.45) is 0.274. The molecule has 2 aromatic rings. The minimum atomic E-state index is -4.03. The highest BCUT2D eigenvalue weighted by atomic mass is 79.9. The van der Waals surface area contributed by atoms with Crippen LogP contribution in [0.5, 0.6) is 5.88 Å². The first-order valence-electron chi connectivity index (χ1n) is 7.74. The Kier molecular flexibility index (Phi) is 6.38. The third-order valence-corrected chi connectivity index (χ3v) is 5.28. The molecule has 9 nitrogen and oxygen atoms in total. The fourth-order valence-electron chi connectivity index (χ4n) is 2.20. The number of anilines is 2. The molecule has 0 spiro atoms. The molecule has 2 atom stereocenters. The lowest BCUT2D eigenvalue weighted by atomic mass is 10.1. The lowest BCUT2D eigenvalue weighted by Gasteiger charge is -2.17. The van der Waals surface area contributed by atoms with Crippen molar-refractivity contribution in [1.82, 2.24) is 9.97 Å². The maximum atomic E-state index is 11.7. The van der Waals surface area contributed by atoms with Crippen molar-refractivity contribution in [3.8, 4) is 11.9 Å². The number of aryl methyl sites for hydroxylation is 1. The van der Waals surface area contributed by atoms with Gasteiger partial charge in [0, 0.05) is 5.69 Å². The zero-order chi connectivity index (χ0) is 20.4. The minimum absolute atomic E-state index is 0.0867. The minimum Gasteiger partial charge on any atom is -0.471 e. The lowest BCUT2D eigenvalue weighted by Crippen LogP contribution is -2.26. The van der Waals surface area contributed by atoms with Gasteiger partial charge < -0.3 is 15.2 Å². The number of nitriles is 1. The van der Waals surface area contributed by atoms with E-state index in [-0.39, 0.29) is 22.3 Å². The molecule has 0 radical (unpaired) electrons. The number of nitrogens with one attached hydrogen (secondary N) is 1. The number of benzene rings is 1. The Bertz CT molecular complexity index is 1000. The number of hydrogen-bond acceptors (Lipinski definition) is 8. The summed E-state index contributed by atoms with van der Waals surface area (Å²) >= 11 is 3.28. The summed E-state index contributed by atoms with van der Waals surface area (Å²) in [6.45, 7) is 4.83. The van der Waals surface area contributed by atoms with Crippen molar-refractivity contribution >= 4 is 37.6 Å². The normalized spacial score (nSPS) is 13.5. The second-order valence-corrected chi connectivity index (χ2v) is 8.21. The number of halogens is 1. The second kappa shape index (κ2) is 8.18. The highest BCUT2D eigenvalue weighted by molar-refractivity contribution is 9.10. The molecule has 11 heteroatoms. The molecule has 0 unspecified atom stereocenters. The Morgan fingerprint density at radius 2 is 2.07 bits per heavy atom. The van der Waals surface area contributed by atoms with Gasteiger partial charge in [0.25, 0.3) is 0 Å². The highest BCUT2D eigenvalue weighted by Crippen LogP contribution is 2.28. The fourth-order valence-corrected chi connectivity index (χ4v) is 3.41. The van der Waals surface area contributed by atoms with E-state index in [0.29, 0.717) is 15.7 Å². The molecule has 4 N–H and O–H groups in total. The van der Waals surface area contributed by atoms with Crippen LogP contribution in [0.1, 0.15) is 25.0 Å². The van der Waals surface area contributed by atoms with Gasteiger partial charge in [-0.05, 0) is 54.4 Å². The van der Waals surface area contributed by atoms with Crippen molar-refractivity contribution in [2.45, 2.75) is 37.9 Å². The van der Waals surface area contributed by atoms with Crippen LogP contribution in [-0.4, -0.2) is 35.7 Å². The van der Waals surface area contributed by atoms with Gasteiger partial charge in [-0.1, -0.05) is 0 Å². The van der Waals surface area contributed by atoms with E-state index < -0.39 is 22.2 Å². The van der Waals surface area contributed by atoms with E-state index >= 15 is 0 Å². The number of aromatic nitrogens is 2. The molecule has 1 aromatic carbocycles. The first kappa shape index (κ1) is 21.0. The summed E-state index contributed by atoms with van der Waals surface area (Å²) in [5, 5.41) is 26.9. The third kappa shape index (κ3) is 5.14. The number of rotatable bonds is 6. The van der Waals surface area contributed by atoms with Crippen molar-refractivity contribution in [2.75, 3.05) is 5.32 Å². The summed E-state index contributed by atoms with van der Waals surface area (Å²) in [7, 11) is -4.03. The topological polar surface area (TPSA) is 151 Å². The molecular formula is C16H18BrN5O4S. The monoisotopic (exact) mass is 455 g/mol. The Balaban J connectivity index is 2.38. The van der Waals surface area contributed by atoms with Crippen LogP contribution in [0.15, 0.2) is 27.7 Å². The van der Waals surface area contributed by atoms with Gasteiger partial charge in [0.2, 0.25) is 21.9 Å². The highest BCUT2D eigenvalue weighted by Gasteiger charge is 2.19. The van der Waals surface area contributed by atoms with E-state index in [0.717, 1.165) is 0 Å². The van der Waals surface area contributed by atoms with Crippen LogP contribution in [0.2, 0.25) is 0 Å². The van der Waals surface area contributed by atoms with Crippen LogP contribution in [-0.2, 0) is 10.0 Å². The summed E-state index contributed by atoms with van der Waals surface area (Å²) in [5.41, 5.74) is 0.639. The zero-order valence-electron chi connectivity index (χ0n) is 14.8. The van der Waals surface area contributed by atoms with E-state index in [4.69, 9.17) is 9.88 Å². The number of sulfonamides is 1. The van der Waals surface area contributed by atoms with E-state index in [1.165, 1.54) is 25.3 Å². The van der Waals surface area contributed by atoms with Gasteiger partial charge in [0.1, 0.15) is 17.1 Å². The van der Waals surface area contributed by atoms with Gasteiger partial charge in [0.15, 0.2) is 0 Å². The number of nitrogens with zero attached hydrogens (tertiary/aromatic N) is 3. The maximum Gasteiger partial charge on any atom is 0.239 e. The number of aliphatic hydroxyl groups is 1. The SMILES string of the molecule is Cc1cc(Nc2ncc(Br)c(O[C@H](C)[C@@H](C)O)n2)cc(C#N)c1S(N)(=O)=O. The second-order valence-electron chi connectivity index (χ2n) is 5.86. The first-order chi connectivity index (χ1) is 12.5. The third-order valence-electron chi connectivity index (χ3n) is 3.62. The molecule has 0 fully saturated rings. The predicted molar refractivity (Wildman–Crippen MR) is 102 cm³/mol. The Labute approximate surface area is 165 Å². The van der Waals surface area contributed by atoms with Crippen molar-refractivity contribution in [1.29, 1.82) is 5.26 Å². The summed E-state index contributed by atoms with van der Waals surface area (Å²) in [6, 6.07) is 4.69. The molecular weight excluding hydrogens is 438 g/mol. The number of aliphatic hydroxyl groups excluding tert-OH is 1. The molecule has 144 valence electrons. The van der Waals surface area contributed by atoms with E-state index in [1.807, 2.05) is 6.07 Å². The van der Waals surface area contributed by atoms with Crippen molar-refractivity contribution in [2.24, 2.45) is 5.14 Å². The molecule has 0 aliphatic rings. The van der Waals surface area contributed by atoms with Crippen LogP contribution in [0.3, 0.4) is 0 Å². The summed E-state index contributed by atoms with van der Waals surface area (Å²) in [5.74, 6) is 0.386. The average Bonchev–Trinajstić information content (AvgIpc) is 2.55. The van der Waals surface area contributed by atoms with Crippen LogP contribution in [0.25, 0.3) is 0 Å². The predicted octanol–water partition coefficient (Wildman–Crippen LogP) is 1.96. The maximum absolute atomic E-state index is 11.7. The van der Waals surface area contributed by atoms with E-state index in [1.54, 1.807) is 13.8 Å². The number of nitrogens with two attached hydrogens (primary N) is 1. The number of hydrogen-bond donors (Lipinski definition) is 3. The van der Waals surface area contributed by atoms with Crippen LogP contribution in [0.4, 0.5) is 11.6 Å². The number of ether oxygens (including phenoxy) is 1. The molecule has 2 rings (SSSR count). The molecule has 27 heavy (non-hydrogen) atoms. The lowest BCUT2D eigenvalue weighted by molar-refractivity contribution is 0.0569. The Hall–Kier alpha value is -2.26. The van der Waals surface area contributed by atoms with Gasteiger partial charge in [-0.3, -0.25) is 0 Å². The van der Waals surface area contributed by atoms with Crippen molar-refractivity contribution < 1.29 is 18.3 Å². The van der Waals surface area contributed by atoms with Crippen LogP contribution >= 0.6 is 15.9 Å². The van der Waals surface area contributed by atoms with Gasteiger partial charge in [-0.2, -0.15) is 10.2 Å². The molecule has 0 saturated carbocycles. The molecule has 0 aliphatic carbocycles. The smallest absolute Gasteiger partial charge is 0.239 e. The van der Waals surface area contributed by atoms with Gasteiger partial charge in [-0.15, -0.1) is 0 Å². The zero-order valence-corrected chi connectivity index (χ0v) is 17.2. The molecule has 0 aliphatic heterocycles. The first-order valence-corrected chi connectivity index (χ1v) is 10.1. The summed E-state index contributed by atoms with van der Waals surface area (Å²) in [4.78, 5) is 8.10. The standard InChI is InChI=1S/C16H18BrN5O4S/c1-8-4-12(5-11(6-18)14(8)27(19,24)25)21-16-20-7-13(17)15(22-16)26-10(3)9(2)23/h4-5,7,9-10,23H,1-3H3,(H2,19,24,25)(H,20,21,22)/t9-,10-/m1/s1. The van der Waals surface area contributed by atoms with Gasteiger partial charge in [-0.25, -0.2) is 18.5 Å². The average molecular weight is 456 g/mol. The van der Waals surface area contributed by atoms with Crippen LogP contribution in [0, 0.1) is 18.3 Å². The number of primary sulfonamides is 1. The molecule has 0 bridgehead atoms.